The Hall–Kier alpha value is -1.49. The van der Waals surface area contributed by atoms with Gasteiger partial charge in [0.25, 0.3) is 0 Å². The predicted molar refractivity (Wildman–Crippen MR) is 59.7 cm³/mol. The van der Waals surface area contributed by atoms with Gasteiger partial charge in [-0.15, -0.1) is 0 Å². The lowest BCUT2D eigenvalue weighted by molar-refractivity contribution is -0.137. The summed E-state index contributed by atoms with van der Waals surface area (Å²) in [4.78, 5) is 22.4. The van der Waals surface area contributed by atoms with Crippen LogP contribution in [0.5, 0.6) is 0 Å². The van der Waals surface area contributed by atoms with E-state index in [0.717, 1.165) is 11.8 Å². The first kappa shape index (κ1) is 11.6. The predicted octanol–water partition coefficient (Wildman–Crippen LogP) is 1.32. The summed E-state index contributed by atoms with van der Waals surface area (Å²) in [5.41, 5.74) is 6.45. The van der Waals surface area contributed by atoms with E-state index in [0.29, 0.717) is 11.3 Å². The molecule has 2 N–H and O–H groups in total. The smallest absolute Gasteiger partial charge is 0.316 e. The molecule has 0 amide bonds. The average Bonchev–Trinajstić information content (AvgIpc) is 2.26. The van der Waals surface area contributed by atoms with Crippen molar-refractivity contribution in [1.29, 1.82) is 0 Å². The third-order valence-corrected chi connectivity index (χ3v) is 2.59. The van der Waals surface area contributed by atoms with E-state index in [2.05, 4.69) is 4.74 Å². The summed E-state index contributed by atoms with van der Waals surface area (Å²) in [5.74, 6) is -0.424. The molecule has 1 rings (SSSR count). The lowest BCUT2D eigenvalue weighted by Crippen LogP contribution is -2.07. The fraction of sp³-hybridized carbons (Fsp3) is 0.200. The molecule has 0 unspecified atom stereocenters. The molecule has 0 atom stereocenters. The number of thioether (sulfide) groups is 1. The maximum atomic E-state index is 11.6. The van der Waals surface area contributed by atoms with Crippen molar-refractivity contribution in [3.8, 4) is 0 Å². The molecule has 0 fully saturated rings. The Labute approximate surface area is 91.8 Å². The normalized spacial score (nSPS) is 9.67. The first-order valence-corrected chi connectivity index (χ1v) is 5.22. The summed E-state index contributed by atoms with van der Waals surface area (Å²) in [6.45, 7) is 0. The molecule has 15 heavy (non-hydrogen) atoms. The van der Waals surface area contributed by atoms with Crippen LogP contribution in [0, 0.1) is 0 Å². The van der Waals surface area contributed by atoms with E-state index >= 15 is 0 Å². The van der Waals surface area contributed by atoms with Gasteiger partial charge in [-0.1, -0.05) is 23.9 Å². The van der Waals surface area contributed by atoms with Gasteiger partial charge in [0, 0.05) is 5.69 Å². The second-order valence-electron chi connectivity index (χ2n) is 2.74. The van der Waals surface area contributed by atoms with Gasteiger partial charge in [0.15, 0.2) is 0 Å². The van der Waals surface area contributed by atoms with Gasteiger partial charge in [0.05, 0.1) is 18.4 Å². The number of para-hydroxylation sites is 1. The molecule has 0 aliphatic carbocycles. The highest BCUT2D eigenvalue weighted by molar-refractivity contribution is 8.14. The zero-order valence-corrected chi connectivity index (χ0v) is 9.04. The number of nitrogens with two attached hydrogens (primary N) is 1. The Morgan fingerprint density at radius 1 is 1.40 bits per heavy atom. The first-order valence-electron chi connectivity index (χ1n) is 4.23. The Kier molecular flexibility index (Phi) is 4.17. The monoisotopic (exact) mass is 225 g/mol. The minimum atomic E-state index is -0.428. The fourth-order valence-electron chi connectivity index (χ4n) is 0.944. The highest BCUT2D eigenvalue weighted by atomic mass is 32.2. The van der Waals surface area contributed by atoms with Crippen molar-refractivity contribution in [2.24, 2.45) is 0 Å². The summed E-state index contributed by atoms with van der Waals surface area (Å²) in [7, 11) is 1.28. The van der Waals surface area contributed by atoms with Crippen molar-refractivity contribution >= 4 is 28.5 Å². The molecule has 4 nitrogen and oxygen atoms in total. The second-order valence-corrected chi connectivity index (χ2v) is 3.69. The molecular formula is C10H11NO3S. The minimum absolute atomic E-state index is 0.00364. The van der Waals surface area contributed by atoms with Gasteiger partial charge in [-0.2, -0.15) is 0 Å². The SMILES string of the molecule is COC(=O)CSC(=O)c1ccccc1N. The summed E-state index contributed by atoms with van der Waals surface area (Å²) in [6.07, 6.45) is 0. The van der Waals surface area contributed by atoms with Gasteiger partial charge in [0.2, 0.25) is 5.12 Å². The van der Waals surface area contributed by atoms with Gasteiger partial charge in [-0.25, -0.2) is 0 Å². The van der Waals surface area contributed by atoms with Crippen LogP contribution in [0.3, 0.4) is 0 Å². The molecule has 0 aromatic heterocycles. The van der Waals surface area contributed by atoms with Crippen LogP contribution in [-0.2, 0) is 9.53 Å². The standard InChI is InChI=1S/C10H11NO3S/c1-14-9(12)6-15-10(13)7-4-2-3-5-8(7)11/h2-5H,6,11H2,1H3. The van der Waals surface area contributed by atoms with Gasteiger partial charge >= 0.3 is 5.97 Å². The summed E-state index contributed by atoms with van der Waals surface area (Å²) < 4.78 is 4.42. The minimum Gasteiger partial charge on any atom is -0.468 e. The third-order valence-electron chi connectivity index (χ3n) is 1.73. The summed E-state index contributed by atoms with van der Waals surface area (Å²) >= 11 is 0.883. The number of hydrogen-bond donors (Lipinski definition) is 1. The van der Waals surface area contributed by atoms with E-state index in [1.54, 1.807) is 24.3 Å². The summed E-state index contributed by atoms with van der Waals surface area (Å²) in [6, 6.07) is 6.74. The number of benzene rings is 1. The lowest BCUT2D eigenvalue weighted by atomic mass is 10.2. The van der Waals surface area contributed by atoms with Crippen LogP contribution >= 0.6 is 11.8 Å². The van der Waals surface area contributed by atoms with Crippen molar-refractivity contribution in [1.82, 2.24) is 0 Å². The Bertz CT molecular complexity index is 379. The maximum absolute atomic E-state index is 11.6. The van der Waals surface area contributed by atoms with Crippen LogP contribution in [0.4, 0.5) is 5.69 Å². The van der Waals surface area contributed by atoms with Crippen LogP contribution in [0.1, 0.15) is 10.4 Å². The molecule has 0 spiro atoms. The largest absolute Gasteiger partial charge is 0.468 e. The number of rotatable bonds is 3. The first-order chi connectivity index (χ1) is 7.15. The van der Waals surface area contributed by atoms with Crippen molar-refractivity contribution in [2.75, 3.05) is 18.6 Å². The van der Waals surface area contributed by atoms with E-state index in [1.165, 1.54) is 7.11 Å². The molecule has 0 saturated heterocycles. The van der Waals surface area contributed by atoms with E-state index in [4.69, 9.17) is 5.73 Å². The number of esters is 1. The number of carbonyl (C=O) groups excluding carboxylic acids is 2. The van der Waals surface area contributed by atoms with Crippen molar-refractivity contribution < 1.29 is 14.3 Å². The molecule has 1 aromatic carbocycles. The highest BCUT2D eigenvalue weighted by Crippen LogP contribution is 2.18. The Morgan fingerprint density at radius 3 is 2.67 bits per heavy atom. The van der Waals surface area contributed by atoms with Crippen molar-refractivity contribution in [3.63, 3.8) is 0 Å². The third kappa shape index (κ3) is 3.28. The number of ether oxygens (including phenoxy) is 1. The number of anilines is 1. The molecule has 80 valence electrons. The molecule has 0 radical (unpaired) electrons. The van der Waals surface area contributed by atoms with Crippen molar-refractivity contribution in [3.05, 3.63) is 29.8 Å². The highest BCUT2D eigenvalue weighted by Gasteiger charge is 2.11. The topological polar surface area (TPSA) is 69.4 Å². The number of methoxy groups -OCH3 is 1. The molecule has 0 heterocycles. The van der Waals surface area contributed by atoms with E-state index in [1.807, 2.05) is 0 Å². The van der Waals surface area contributed by atoms with Crippen LogP contribution in [0.25, 0.3) is 0 Å². The lowest BCUT2D eigenvalue weighted by Gasteiger charge is -2.02. The van der Waals surface area contributed by atoms with Gasteiger partial charge < -0.3 is 10.5 Å². The molecule has 1 aromatic rings. The zero-order valence-electron chi connectivity index (χ0n) is 8.23. The van der Waals surface area contributed by atoms with Gasteiger partial charge in [-0.3, -0.25) is 9.59 Å². The Balaban J connectivity index is 2.62. The second kappa shape index (κ2) is 5.41. The molecule has 0 bridgehead atoms. The van der Waals surface area contributed by atoms with Gasteiger partial charge in [-0.05, 0) is 12.1 Å². The van der Waals surface area contributed by atoms with E-state index in [9.17, 15) is 9.59 Å². The molecular weight excluding hydrogens is 214 g/mol. The fourth-order valence-corrected chi connectivity index (χ4v) is 1.65. The number of carbonyl (C=O) groups is 2. The van der Waals surface area contributed by atoms with Crippen LogP contribution in [0.2, 0.25) is 0 Å². The van der Waals surface area contributed by atoms with Crippen molar-refractivity contribution in [2.45, 2.75) is 0 Å². The van der Waals surface area contributed by atoms with Crippen LogP contribution in [-0.4, -0.2) is 23.9 Å². The van der Waals surface area contributed by atoms with E-state index in [-0.39, 0.29) is 10.9 Å². The number of hydrogen-bond acceptors (Lipinski definition) is 5. The van der Waals surface area contributed by atoms with E-state index < -0.39 is 5.97 Å². The zero-order chi connectivity index (χ0) is 11.3. The Morgan fingerprint density at radius 2 is 2.07 bits per heavy atom. The quantitative estimate of drug-likeness (QED) is 0.620. The summed E-state index contributed by atoms with van der Waals surface area (Å²) in [5, 5.41) is -0.224. The molecule has 5 heteroatoms. The molecule has 0 aliphatic rings. The molecule has 0 saturated carbocycles. The molecule has 0 aliphatic heterocycles. The number of nitrogen functional groups attached to an aromatic ring is 1. The average molecular weight is 225 g/mol. The van der Waals surface area contributed by atoms with Crippen LogP contribution < -0.4 is 5.73 Å². The maximum Gasteiger partial charge on any atom is 0.316 e. The van der Waals surface area contributed by atoms with Crippen LogP contribution in [0.15, 0.2) is 24.3 Å². The van der Waals surface area contributed by atoms with Gasteiger partial charge in [0.1, 0.15) is 0 Å².